The zero-order valence-corrected chi connectivity index (χ0v) is 18.6. The zero-order valence-electron chi connectivity index (χ0n) is 17.8. The van der Waals surface area contributed by atoms with Crippen molar-refractivity contribution >= 4 is 38.9 Å². The van der Waals surface area contributed by atoms with E-state index in [2.05, 4.69) is 72.2 Å². The highest BCUT2D eigenvalue weighted by atomic mass is 32.1. The Kier molecular flexibility index (Phi) is 5.75. The first-order valence-electron chi connectivity index (χ1n) is 10.8. The summed E-state index contributed by atoms with van der Waals surface area (Å²) in [5.74, 6) is 0.00716. The van der Waals surface area contributed by atoms with Gasteiger partial charge in [0.25, 0.3) is 0 Å². The smallest absolute Gasteiger partial charge is 0.240 e. The minimum atomic E-state index is 0.00716. The van der Waals surface area contributed by atoms with Gasteiger partial charge in [-0.05, 0) is 64.0 Å². The summed E-state index contributed by atoms with van der Waals surface area (Å²) < 4.78 is 2.04. The number of fused-ring (bicyclic) bond motifs is 2. The molecule has 2 aromatic heterocycles. The van der Waals surface area contributed by atoms with Gasteiger partial charge < -0.3 is 15.6 Å². The molecule has 0 bridgehead atoms. The molecule has 5 heteroatoms. The molecule has 0 saturated heterocycles. The first kappa shape index (κ1) is 20.5. The molecule has 3 aromatic carbocycles. The summed E-state index contributed by atoms with van der Waals surface area (Å²) in [4.78, 5) is 13.8. The Hall–Kier alpha value is -3.41. The van der Waals surface area contributed by atoms with Crippen molar-refractivity contribution in [2.24, 2.45) is 5.73 Å². The fourth-order valence-corrected chi connectivity index (χ4v) is 4.96. The lowest BCUT2D eigenvalue weighted by atomic mass is 9.96. The Morgan fingerprint density at radius 3 is 2.69 bits per heavy atom. The normalized spacial score (nSPS) is 11.3. The maximum Gasteiger partial charge on any atom is 0.240 e. The minimum absolute atomic E-state index is 0.00716. The molecule has 160 valence electrons. The number of thiophene rings is 1. The van der Waals surface area contributed by atoms with Crippen molar-refractivity contribution in [3.05, 3.63) is 94.8 Å². The second-order valence-corrected chi connectivity index (χ2v) is 8.97. The number of hydrogen-bond donors (Lipinski definition) is 2. The van der Waals surface area contributed by atoms with Gasteiger partial charge in [-0.15, -0.1) is 11.3 Å². The predicted octanol–water partition coefficient (Wildman–Crippen LogP) is 5.34. The van der Waals surface area contributed by atoms with Crippen molar-refractivity contribution < 1.29 is 4.79 Å². The predicted molar refractivity (Wildman–Crippen MR) is 134 cm³/mol. The van der Waals surface area contributed by atoms with Crippen molar-refractivity contribution in [3.8, 4) is 11.1 Å². The Bertz CT molecular complexity index is 1380. The monoisotopic (exact) mass is 439 g/mol. The van der Waals surface area contributed by atoms with Crippen LogP contribution in [-0.2, 0) is 24.3 Å². The fraction of sp³-hybridized carbons (Fsp3) is 0.148. The summed E-state index contributed by atoms with van der Waals surface area (Å²) in [6.07, 6.45) is 2.86. The van der Waals surface area contributed by atoms with Gasteiger partial charge in [-0.2, -0.15) is 0 Å². The Labute approximate surface area is 191 Å². The van der Waals surface area contributed by atoms with E-state index < -0.39 is 0 Å². The molecule has 1 amide bonds. The van der Waals surface area contributed by atoms with Crippen LogP contribution in [0.5, 0.6) is 0 Å². The zero-order chi connectivity index (χ0) is 21.9. The van der Waals surface area contributed by atoms with Gasteiger partial charge in [0, 0.05) is 22.0 Å². The molecule has 0 aliphatic carbocycles. The number of carbonyl (C=O) groups excluding carboxylic acids is 1. The van der Waals surface area contributed by atoms with E-state index in [0.717, 1.165) is 22.2 Å². The van der Waals surface area contributed by atoms with Crippen LogP contribution in [0.25, 0.3) is 32.8 Å². The van der Waals surface area contributed by atoms with Crippen LogP contribution in [0.4, 0.5) is 0 Å². The summed E-state index contributed by atoms with van der Waals surface area (Å²) in [5.41, 5.74) is 10.5. The van der Waals surface area contributed by atoms with E-state index in [1.807, 2.05) is 22.1 Å². The molecule has 0 saturated carbocycles. The number of carbonyl (C=O) groups is 1. The maximum absolute atomic E-state index is 12.6. The van der Waals surface area contributed by atoms with Crippen molar-refractivity contribution in [2.45, 2.75) is 19.5 Å². The van der Waals surface area contributed by atoms with Crippen LogP contribution in [0, 0.1) is 0 Å². The van der Waals surface area contributed by atoms with Crippen molar-refractivity contribution in [1.29, 1.82) is 0 Å². The standard InChI is InChI=1S/C27H25N3OS/c28-13-12-21-17-30(18-27(31)29-16-22-7-4-14-32-22)26-11-10-20(15-25(21)26)24-9-3-6-19-5-1-2-8-23(19)24/h1-11,14-15,17H,12-13,16,18,28H2,(H,29,31). The summed E-state index contributed by atoms with van der Waals surface area (Å²) in [5, 5.41) is 8.67. The molecule has 0 aliphatic rings. The first-order valence-corrected chi connectivity index (χ1v) is 11.7. The molecule has 5 rings (SSSR count). The first-order chi connectivity index (χ1) is 15.7. The van der Waals surface area contributed by atoms with Crippen LogP contribution < -0.4 is 11.1 Å². The average Bonchev–Trinajstić information content (AvgIpc) is 3.46. The Morgan fingerprint density at radius 2 is 1.84 bits per heavy atom. The van der Waals surface area contributed by atoms with Crippen LogP contribution in [0.15, 0.2) is 84.4 Å². The number of hydrogen-bond acceptors (Lipinski definition) is 3. The Balaban J connectivity index is 1.49. The van der Waals surface area contributed by atoms with E-state index in [1.54, 1.807) is 11.3 Å². The van der Waals surface area contributed by atoms with Crippen LogP contribution >= 0.6 is 11.3 Å². The van der Waals surface area contributed by atoms with Crippen molar-refractivity contribution in [2.75, 3.05) is 6.54 Å². The molecule has 0 atom stereocenters. The van der Waals surface area contributed by atoms with Gasteiger partial charge in [0.05, 0.1) is 6.54 Å². The topological polar surface area (TPSA) is 60.0 Å². The second-order valence-electron chi connectivity index (χ2n) is 7.94. The van der Waals surface area contributed by atoms with Gasteiger partial charge in [0.2, 0.25) is 5.91 Å². The van der Waals surface area contributed by atoms with Crippen LogP contribution in [0.3, 0.4) is 0 Å². The molecule has 4 nitrogen and oxygen atoms in total. The van der Waals surface area contributed by atoms with Crippen LogP contribution in [0.2, 0.25) is 0 Å². The lowest BCUT2D eigenvalue weighted by Gasteiger charge is -2.09. The summed E-state index contributed by atoms with van der Waals surface area (Å²) in [6, 6.07) is 25.4. The molecular formula is C27H25N3OS. The highest BCUT2D eigenvalue weighted by Gasteiger charge is 2.13. The van der Waals surface area contributed by atoms with Gasteiger partial charge in [-0.3, -0.25) is 4.79 Å². The van der Waals surface area contributed by atoms with Gasteiger partial charge >= 0.3 is 0 Å². The minimum Gasteiger partial charge on any atom is -0.350 e. The lowest BCUT2D eigenvalue weighted by Crippen LogP contribution is -2.26. The third kappa shape index (κ3) is 4.05. The van der Waals surface area contributed by atoms with E-state index >= 15 is 0 Å². The Morgan fingerprint density at radius 1 is 0.969 bits per heavy atom. The van der Waals surface area contributed by atoms with Crippen LogP contribution in [-0.4, -0.2) is 17.0 Å². The molecule has 0 aliphatic heterocycles. The second kappa shape index (κ2) is 8.99. The fourth-order valence-electron chi connectivity index (χ4n) is 4.31. The quantitative estimate of drug-likeness (QED) is 0.360. The highest BCUT2D eigenvalue weighted by molar-refractivity contribution is 7.09. The number of nitrogens with zero attached hydrogens (tertiary/aromatic N) is 1. The molecule has 3 N–H and O–H groups in total. The molecule has 0 radical (unpaired) electrons. The summed E-state index contributed by atoms with van der Waals surface area (Å²) >= 11 is 1.65. The summed E-state index contributed by atoms with van der Waals surface area (Å²) in [7, 11) is 0. The van der Waals surface area contributed by atoms with Crippen molar-refractivity contribution in [1.82, 2.24) is 9.88 Å². The van der Waals surface area contributed by atoms with Crippen LogP contribution in [0.1, 0.15) is 10.4 Å². The third-order valence-corrected chi connectivity index (χ3v) is 6.71. The van der Waals surface area contributed by atoms with E-state index in [4.69, 9.17) is 5.73 Å². The van der Waals surface area contributed by atoms with E-state index in [0.29, 0.717) is 19.6 Å². The maximum atomic E-state index is 12.6. The summed E-state index contributed by atoms with van der Waals surface area (Å²) in [6.45, 7) is 1.43. The van der Waals surface area contributed by atoms with E-state index in [9.17, 15) is 4.79 Å². The molecule has 32 heavy (non-hydrogen) atoms. The van der Waals surface area contributed by atoms with E-state index in [-0.39, 0.29) is 5.91 Å². The largest absolute Gasteiger partial charge is 0.350 e. The average molecular weight is 440 g/mol. The number of nitrogens with two attached hydrogens (primary N) is 1. The van der Waals surface area contributed by atoms with Gasteiger partial charge in [0.15, 0.2) is 0 Å². The van der Waals surface area contributed by atoms with Crippen molar-refractivity contribution in [3.63, 3.8) is 0 Å². The molecule has 2 heterocycles. The molecular weight excluding hydrogens is 414 g/mol. The number of amides is 1. The van der Waals surface area contributed by atoms with Gasteiger partial charge in [0.1, 0.15) is 6.54 Å². The SMILES string of the molecule is NCCc1cn(CC(=O)NCc2cccs2)c2ccc(-c3cccc4ccccc34)cc12. The van der Waals surface area contributed by atoms with Gasteiger partial charge in [-0.25, -0.2) is 0 Å². The molecule has 5 aromatic rings. The lowest BCUT2D eigenvalue weighted by molar-refractivity contribution is -0.121. The number of nitrogens with one attached hydrogen (secondary N) is 1. The number of aromatic nitrogens is 1. The number of benzene rings is 3. The highest BCUT2D eigenvalue weighted by Crippen LogP contribution is 2.32. The number of rotatable bonds is 7. The molecule has 0 spiro atoms. The molecule has 0 fully saturated rings. The third-order valence-electron chi connectivity index (χ3n) is 5.83. The van der Waals surface area contributed by atoms with Gasteiger partial charge in [-0.1, -0.05) is 54.6 Å². The van der Waals surface area contributed by atoms with E-state index in [1.165, 1.54) is 27.5 Å². The molecule has 0 unspecified atom stereocenters.